The van der Waals surface area contributed by atoms with Gasteiger partial charge >= 0.3 is 12.1 Å². The summed E-state index contributed by atoms with van der Waals surface area (Å²) in [5.74, 6) is -0.757. The lowest BCUT2D eigenvalue weighted by Crippen LogP contribution is -2.37. The molecule has 2 aromatic rings. The molecule has 1 amide bonds. The molecule has 0 bridgehead atoms. The molecule has 0 aromatic heterocycles. The average Bonchev–Trinajstić information content (AvgIpc) is 2.65. The van der Waals surface area contributed by atoms with Crippen LogP contribution in [0.1, 0.15) is 43.6 Å². The predicted octanol–water partition coefficient (Wildman–Crippen LogP) is 4.71. The molecular formula is C21H24N2O6. The van der Waals surface area contributed by atoms with Crippen LogP contribution in [0.2, 0.25) is 0 Å². The molecule has 2 rings (SSSR count). The van der Waals surface area contributed by atoms with E-state index >= 15 is 0 Å². The van der Waals surface area contributed by atoms with Gasteiger partial charge in [-0.3, -0.25) is 15.0 Å². The molecule has 0 fully saturated rings. The molecule has 0 aliphatic carbocycles. The Morgan fingerprint density at radius 2 is 1.72 bits per heavy atom. The van der Waals surface area contributed by atoms with Gasteiger partial charge < -0.3 is 9.47 Å². The fraction of sp³-hybridized carbons (Fsp3) is 0.333. The van der Waals surface area contributed by atoms with Crippen molar-refractivity contribution >= 4 is 23.4 Å². The maximum Gasteiger partial charge on any atom is 0.415 e. The van der Waals surface area contributed by atoms with Crippen LogP contribution in [0.25, 0.3) is 0 Å². The number of nitrogens with zero attached hydrogens (tertiary/aromatic N) is 2. The Hall–Kier alpha value is -3.42. The van der Waals surface area contributed by atoms with Crippen molar-refractivity contribution in [3.8, 4) is 0 Å². The number of hydrogen-bond donors (Lipinski definition) is 0. The van der Waals surface area contributed by atoms with Crippen LogP contribution < -0.4 is 4.90 Å². The third-order valence-electron chi connectivity index (χ3n) is 3.77. The molecule has 29 heavy (non-hydrogen) atoms. The highest BCUT2D eigenvalue weighted by Gasteiger charge is 2.33. The summed E-state index contributed by atoms with van der Waals surface area (Å²) in [6.45, 7) is 6.77. The van der Waals surface area contributed by atoms with E-state index in [1.807, 2.05) is 6.07 Å². The van der Waals surface area contributed by atoms with E-state index in [4.69, 9.17) is 9.47 Å². The molecule has 0 saturated carbocycles. The first-order chi connectivity index (χ1) is 13.6. The Morgan fingerprint density at radius 1 is 1.07 bits per heavy atom. The highest BCUT2D eigenvalue weighted by molar-refractivity contribution is 6.03. The zero-order chi connectivity index (χ0) is 21.6. The first-order valence-electron chi connectivity index (χ1n) is 9.13. The highest BCUT2D eigenvalue weighted by Crippen LogP contribution is 2.35. The topological polar surface area (TPSA) is 99.0 Å². The molecule has 2 aromatic carbocycles. The number of carbonyl (C=O) groups excluding carboxylic acids is 2. The maximum absolute atomic E-state index is 13.0. The van der Waals surface area contributed by atoms with E-state index < -0.39 is 28.3 Å². The maximum atomic E-state index is 13.0. The van der Waals surface area contributed by atoms with Gasteiger partial charge in [0.05, 0.1) is 23.6 Å². The molecule has 0 aliphatic rings. The number of rotatable bonds is 6. The van der Waals surface area contributed by atoms with Crippen LogP contribution in [0.3, 0.4) is 0 Å². The molecule has 0 N–H and O–H groups in total. The number of benzene rings is 2. The number of amides is 1. The van der Waals surface area contributed by atoms with Crippen LogP contribution in [0.4, 0.5) is 16.2 Å². The second-order valence-electron chi connectivity index (χ2n) is 7.20. The molecule has 0 saturated heterocycles. The Labute approximate surface area is 169 Å². The molecule has 8 nitrogen and oxygen atoms in total. The van der Waals surface area contributed by atoms with E-state index in [0.717, 1.165) is 4.90 Å². The van der Waals surface area contributed by atoms with Gasteiger partial charge in [-0.2, -0.15) is 0 Å². The van der Waals surface area contributed by atoms with Gasteiger partial charge in [-0.15, -0.1) is 0 Å². The Morgan fingerprint density at radius 3 is 2.28 bits per heavy atom. The monoisotopic (exact) mass is 400 g/mol. The van der Waals surface area contributed by atoms with Crippen LogP contribution in [0, 0.1) is 10.1 Å². The summed E-state index contributed by atoms with van der Waals surface area (Å²) in [4.78, 5) is 37.6. The normalized spacial score (nSPS) is 10.9. The second-order valence-corrected chi connectivity index (χ2v) is 7.20. The van der Waals surface area contributed by atoms with Gasteiger partial charge in [-0.25, -0.2) is 9.59 Å². The molecule has 8 heteroatoms. The molecule has 0 heterocycles. The largest absolute Gasteiger partial charge is 0.462 e. The van der Waals surface area contributed by atoms with Gasteiger partial charge in [0.2, 0.25) is 0 Å². The molecule has 0 atom stereocenters. The zero-order valence-corrected chi connectivity index (χ0v) is 16.9. The predicted molar refractivity (Wildman–Crippen MR) is 108 cm³/mol. The molecule has 154 valence electrons. The Kier molecular flexibility index (Phi) is 6.93. The standard InChI is InChI=1S/C21H24N2O6/c1-5-28-19(24)16-12-9-13-17(23(26)27)18(16)22(20(25)29-21(2,3)4)14-15-10-7-6-8-11-15/h6-13H,5,14H2,1-4H3. The van der Waals surface area contributed by atoms with Crippen LogP contribution >= 0.6 is 0 Å². The number of para-hydroxylation sites is 1. The minimum atomic E-state index is -0.834. The summed E-state index contributed by atoms with van der Waals surface area (Å²) in [5.41, 5.74) is -0.750. The minimum absolute atomic E-state index is 0.0208. The molecular weight excluding hydrogens is 376 g/mol. The quantitative estimate of drug-likeness (QED) is 0.395. The number of anilines is 1. The van der Waals surface area contributed by atoms with Crippen LogP contribution in [0.15, 0.2) is 48.5 Å². The van der Waals surface area contributed by atoms with Crippen molar-refractivity contribution in [1.82, 2.24) is 0 Å². The molecule has 0 unspecified atom stereocenters. The summed E-state index contributed by atoms with van der Waals surface area (Å²) in [6, 6.07) is 12.9. The number of ether oxygens (including phenoxy) is 2. The fourth-order valence-electron chi connectivity index (χ4n) is 2.65. The van der Waals surface area contributed by atoms with Crippen LogP contribution in [-0.4, -0.2) is 29.2 Å². The smallest absolute Gasteiger partial charge is 0.415 e. The van der Waals surface area contributed by atoms with E-state index in [0.29, 0.717) is 5.56 Å². The lowest BCUT2D eigenvalue weighted by Gasteiger charge is -2.28. The van der Waals surface area contributed by atoms with E-state index in [9.17, 15) is 19.7 Å². The summed E-state index contributed by atoms with van der Waals surface area (Å²) in [7, 11) is 0. The van der Waals surface area contributed by atoms with Gasteiger partial charge in [0, 0.05) is 6.07 Å². The van der Waals surface area contributed by atoms with Gasteiger partial charge in [0.1, 0.15) is 11.3 Å². The third-order valence-corrected chi connectivity index (χ3v) is 3.77. The highest BCUT2D eigenvalue weighted by atomic mass is 16.6. The number of esters is 1. The summed E-state index contributed by atoms with van der Waals surface area (Å²) in [5, 5.41) is 11.7. The zero-order valence-electron chi connectivity index (χ0n) is 16.9. The first-order valence-corrected chi connectivity index (χ1v) is 9.13. The van der Waals surface area contributed by atoms with Crippen LogP contribution in [-0.2, 0) is 16.0 Å². The Bertz CT molecular complexity index is 890. The van der Waals surface area contributed by atoms with Crippen molar-refractivity contribution in [1.29, 1.82) is 0 Å². The van der Waals surface area contributed by atoms with Crippen molar-refractivity contribution in [3.05, 3.63) is 69.8 Å². The van der Waals surface area contributed by atoms with E-state index in [-0.39, 0.29) is 24.4 Å². The molecule has 0 aliphatic heterocycles. The van der Waals surface area contributed by atoms with Crippen molar-refractivity contribution in [2.45, 2.75) is 39.8 Å². The minimum Gasteiger partial charge on any atom is -0.462 e. The number of hydrogen-bond acceptors (Lipinski definition) is 6. The van der Waals surface area contributed by atoms with E-state index in [1.165, 1.54) is 18.2 Å². The SMILES string of the molecule is CCOC(=O)c1cccc([N+](=O)[O-])c1N(Cc1ccccc1)C(=O)OC(C)(C)C. The number of nitro groups is 1. The van der Waals surface area contributed by atoms with Crippen molar-refractivity contribution in [2.75, 3.05) is 11.5 Å². The lowest BCUT2D eigenvalue weighted by atomic mass is 10.1. The van der Waals surface area contributed by atoms with E-state index in [2.05, 4.69) is 0 Å². The molecule has 0 spiro atoms. The average molecular weight is 400 g/mol. The third kappa shape index (κ3) is 5.78. The lowest BCUT2D eigenvalue weighted by molar-refractivity contribution is -0.384. The van der Waals surface area contributed by atoms with Crippen molar-refractivity contribution in [3.63, 3.8) is 0 Å². The van der Waals surface area contributed by atoms with Crippen LogP contribution in [0.5, 0.6) is 0 Å². The van der Waals surface area contributed by atoms with Gasteiger partial charge in [-0.05, 0) is 39.3 Å². The number of carbonyl (C=O) groups is 2. The molecule has 0 radical (unpaired) electrons. The van der Waals surface area contributed by atoms with E-state index in [1.54, 1.807) is 52.0 Å². The van der Waals surface area contributed by atoms with Gasteiger partial charge in [-0.1, -0.05) is 36.4 Å². The second kappa shape index (κ2) is 9.18. The summed E-state index contributed by atoms with van der Waals surface area (Å²) < 4.78 is 10.5. The van der Waals surface area contributed by atoms with Crippen molar-refractivity contribution in [2.24, 2.45) is 0 Å². The van der Waals surface area contributed by atoms with Gasteiger partial charge in [0.25, 0.3) is 5.69 Å². The van der Waals surface area contributed by atoms with Crippen molar-refractivity contribution < 1.29 is 24.0 Å². The Balaban J connectivity index is 2.66. The fourth-order valence-corrected chi connectivity index (χ4v) is 2.65. The first kappa shape index (κ1) is 21.9. The summed E-state index contributed by atoms with van der Waals surface area (Å²) in [6.07, 6.45) is -0.804. The summed E-state index contributed by atoms with van der Waals surface area (Å²) >= 11 is 0. The number of nitro benzene ring substituents is 1. The van der Waals surface area contributed by atoms with Gasteiger partial charge in [0.15, 0.2) is 0 Å².